The van der Waals surface area contributed by atoms with Gasteiger partial charge in [0, 0.05) is 25.3 Å². The van der Waals surface area contributed by atoms with Gasteiger partial charge in [0.1, 0.15) is 11.9 Å². The van der Waals surface area contributed by atoms with Crippen LogP contribution in [0.3, 0.4) is 0 Å². The number of hydrogen-bond acceptors (Lipinski definition) is 6. The summed E-state index contributed by atoms with van der Waals surface area (Å²) in [6.45, 7) is 8.69. The molecule has 2 saturated heterocycles. The number of carbonyl (C=O) groups excluding carboxylic acids is 2. The largest absolute Gasteiger partial charge is 0.383 e. The van der Waals surface area contributed by atoms with E-state index in [1.54, 1.807) is 16.7 Å². The number of carbonyl (C=O) groups is 2. The van der Waals surface area contributed by atoms with Crippen LogP contribution in [-0.2, 0) is 16.1 Å². The van der Waals surface area contributed by atoms with Crippen LogP contribution in [0.25, 0.3) is 0 Å². The van der Waals surface area contributed by atoms with Crippen molar-refractivity contribution in [2.75, 3.05) is 22.9 Å². The van der Waals surface area contributed by atoms with Crippen molar-refractivity contribution in [2.24, 2.45) is 5.92 Å². The third-order valence-electron chi connectivity index (χ3n) is 6.15. The number of unbranched alkanes of at least 4 members (excludes halogenated alkanes) is 1. The van der Waals surface area contributed by atoms with Crippen LogP contribution in [0.4, 0.5) is 11.5 Å². The minimum Gasteiger partial charge on any atom is -0.383 e. The van der Waals surface area contributed by atoms with Crippen LogP contribution in [0.5, 0.6) is 0 Å². The Morgan fingerprint density at radius 1 is 1.35 bits per heavy atom. The van der Waals surface area contributed by atoms with Crippen LogP contribution >= 0.6 is 11.8 Å². The van der Waals surface area contributed by atoms with Crippen molar-refractivity contribution in [3.8, 4) is 0 Å². The minimum absolute atomic E-state index is 0.000432. The molecular weight excluding hydrogens is 418 g/mol. The number of nitrogens with one attached hydrogen (secondary N) is 1. The van der Waals surface area contributed by atoms with Crippen LogP contribution in [0.15, 0.2) is 9.59 Å². The van der Waals surface area contributed by atoms with Crippen molar-refractivity contribution < 1.29 is 9.59 Å². The molecule has 0 aliphatic carbocycles. The summed E-state index contributed by atoms with van der Waals surface area (Å²) in [7, 11) is 0. The Labute approximate surface area is 186 Å². The van der Waals surface area contributed by atoms with E-state index in [2.05, 4.69) is 4.98 Å². The van der Waals surface area contributed by atoms with Gasteiger partial charge in [0.15, 0.2) is 5.69 Å². The van der Waals surface area contributed by atoms with E-state index < -0.39 is 17.3 Å². The van der Waals surface area contributed by atoms with E-state index >= 15 is 0 Å². The van der Waals surface area contributed by atoms with Gasteiger partial charge in [-0.05, 0) is 32.1 Å². The Morgan fingerprint density at radius 3 is 2.71 bits per heavy atom. The smallest absolute Gasteiger partial charge is 0.330 e. The first kappa shape index (κ1) is 23.4. The Hall–Kier alpha value is -2.23. The van der Waals surface area contributed by atoms with Crippen LogP contribution in [0.2, 0.25) is 0 Å². The SMILES string of the molecule is CCCCn1c(N)c(N(CCC(C)C)C(=O)C2CS[C@@]3(C)CCC(=O)N23)c(=O)[nH]c1=O. The average molecular weight is 452 g/mol. The fourth-order valence-electron chi connectivity index (χ4n) is 4.28. The van der Waals surface area contributed by atoms with Gasteiger partial charge in [0.05, 0.1) is 4.87 Å². The van der Waals surface area contributed by atoms with Gasteiger partial charge in [-0.3, -0.25) is 23.9 Å². The first-order valence-corrected chi connectivity index (χ1v) is 12.0. The second-order valence-electron chi connectivity index (χ2n) is 8.94. The van der Waals surface area contributed by atoms with Crippen molar-refractivity contribution in [1.82, 2.24) is 14.5 Å². The number of hydrogen-bond donors (Lipinski definition) is 2. The molecule has 2 aliphatic rings. The standard InChI is InChI=1S/C21H33N5O4S/c1-5-6-10-25-17(22)16(18(28)23-20(25)30)24(11-8-13(2)3)19(29)14-12-31-21(4)9-7-15(27)26(14)21/h13-14H,5-12,22H2,1-4H3,(H,23,28,30)/t14?,21-/m0/s1. The summed E-state index contributed by atoms with van der Waals surface area (Å²) in [4.78, 5) is 56.5. The normalized spacial score (nSPS) is 22.9. The molecule has 3 rings (SSSR count). The first-order chi connectivity index (χ1) is 14.6. The highest BCUT2D eigenvalue weighted by molar-refractivity contribution is 8.01. The van der Waals surface area contributed by atoms with Gasteiger partial charge in [-0.25, -0.2) is 4.79 Å². The zero-order valence-corrected chi connectivity index (χ0v) is 19.6. The molecule has 10 heteroatoms. The molecule has 0 spiro atoms. The topological polar surface area (TPSA) is 121 Å². The lowest BCUT2D eigenvalue weighted by Gasteiger charge is -2.33. The molecule has 2 amide bonds. The number of thioether (sulfide) groups is 1. The van der Waals surface area contributed by atoms with E-state index in [4.69, 9.17) is 5.73 Å². The molecule has 2 aliphatic heterocycles. The third-order valence-corrected chi connectivity index (χ3v) is 7.65. The number of aromatic amines is 1. The molecule has 31 heavy (non-hydrogen) atoms. The summed E-state index contributed by atoms with van der Waals surface area (Å²) >= 11 is 1.60. The van der Waals surface area contributed by atoms with Crippen molar-refractivity contribution in [2.45, 2.75) is 77.3 Å². The summed E-state index contributed by atoms with van der Waals surface area (Å²) in [5.74, 6) is 0.417. The number of H-pyrrole nitrogens is 1. The highest BCUT2D eigenvalue weighted by atomic mass is 32.2. The Morgan fingerprint density at radius 2 is 2.06 bits per heavy atom. The zero-order chi connectivity index (χ0) is 22.9. The molecule has 1 aromatic rings. The fourth-order valence-corrected chi connectivity index (χ4v) is 5.70. The van der Waals surface area contributed by atoms with E-state index in [1.165, 1.54) is 9.47 Å². The Kier molecular flexibility index (Phi) is 6.88. The third kappa shape index (κ3) is 4.40. The molecule has 172 valence electrons. The molecular formula is C21H33N5O4S. The number of anilines is 2. The molecule has 1 unspecified atom stereocenters. The maximum atomic E-state index is 13.7. The molecule has 0 bridgehead atoms. The summed E-state index contributed by atoms with van der Waals surface area (Å²) in [5, 5.41) is 0. The van der Waals surface area contributed by atoms with E-state index in [0.717, 1.165) is 12.8 Å². The van der Waals surface area contributed by atoms with Gasteiger partial charge in [-0.2, -0.15) is 0 Å². The molecule has 3 heterocycles. The molecule has 2 atom stereocenters. The maximum Gasteiger partial charge on any atom is 0.330 e. The lowest BCUT2D eigenvalue weighted by Crippen LogP contribution is -2.53. The van der Waals surface area contributed by atoms with E-state index in [0.29, 0.717) is 37.5 Å². The number of nitrogen functional groups attached to an aromatic ring is 1. The number of fused-ring (bicyclic) bond motifs is 1. The van der Waals surface area contributed by atoms with Gasteiger partial charge in [-0.1, -0.05) is 27.2 Å². The molecule has 0 saturated carbocycles. The molecule has 0 aromatic carbocycles. The predicted molar refractivity (Wildman–Crippen MR) is 123 cm³/mol. The van der Waals surface area contributed by atoms with Crippen molar-refractivity contribution in [3.05, 3.63) is 20.8 Å². The molecule has 2 fully saturated rings. The van der Waals surface area contributed by atoms with Gasteiger partial charge in [0.25, 0.3) is 11.5 Å². The van der Waals surface area contributed by atoms with E-state index in [9.17, 15) is 19.2 Å². The van der Waals surface area contributed by atoms with E-state index in [-0.39, 0.29) is 34.7 Å². The predicted octanol–water partition coefficient (Wildman–Crippen LogP) is 1.75. The number of aromatic nitrogens is 2. The number of nitrogens with zero attached hydrogens (tertiary/aromatic N) is 3. The first-order valence-electron chi connectivity index (χ1n) is 11.0. The summed E-state index contributed by atoms with van der Waals surface area (Å²) < 4.78 is 1.32. The molecule has 1 aromatic heterocycles. The van der Waals surface area contributed by atoms with Gasteiger partial charge < -0.3 is 15.5 Å². The number of amides is 2. The van der Waals surface area contributed by atoms with Crippen LogP contribution in [0, 0.1) is 5.92 Å². The quantitative estimate of drug-likeness (QED) is 0.621. The van der Waals surface area contributed by atoms with Crippen LogP contribution in [0.1, 0.15) is 59.8 Å². The molecule has 0 radical (unpaired) electrons. The highest BCUT2D eigenvalue weighted by Crippen LogP contribution is 2.47. The van der Waals surface area contributed by atoms with Crippen LogP contribution in [-0.4, -0.2) is 49.5 Å². The molecule has 3 N–H and O–H groups in total. The lowest BCUT2D eigenvalue weighted by molar-refractivity contribution is -0.136. The van der Waals surface area contributed by atoms with Crippen molar-refractivity contribution in [3.63, 3.8) is 0 Å². The minimum atomic E-state index is -0.673. The van der Waals surface area contributed by atoms with Crippen molar-refractivity contribution in [1.29, 1.82) is 0 Å². The summed E-state index contributed by atoms with van der Waals surface area (Å²) in [6, 6.07) is -0.646. The monoisotopic (exact) mass is 451 g/mol. The zero-order valence-electron chi connectivity index (χ0n) is 18.8. The summed E-state index contributed by atoms with van der Waals surface area (Å²) in [5.41, 5.74) is 5.05. The second kappa shape index (κ2) is 9.10. The number of rotatable bonds is 8. The number of nitrogens with two attached hydrogens (primary N) is 1. The maximum absolute atomic E-state index is 13.7. The Bertz CT molecular complexity index is 971. The van der Waals surface area contributed by atoms with E-state index in [1.807, 2.05) is 27.7 Å². The van der Waals surface area contributed by atoms with Crippen LogP contribution < -0.4 is 21.9 Å². The van der Waals surface area contributed by atoms with Crippen molar-refractivity contribution >= 4 is 35.1 Å². The summed E-state index contributed by atoms with van der Waals surface area (Å²) in [6.07, 6.45) is 3.35. The van der Waals surface area contributed by atoms with Gasteiger partial charge >= 0.3 is 5.69 Å². The highest BCUT2D eigenvalue weighted by Gasteiger charge is 2.54. The average Bonchev–Trinajstić information content (AvgIpc) is 3.19. The fraction of sp³-hybridized carbons (Fsp3) is 0.714. The second-order valence-corrected chi connectivity index (χ2v) is 10.4. The lowest BCUT2D eigenvalue weighted by atomic mass is 10.1. The Balaban J connectivity index is 2.04. The van der Waals surface area contributed by atoms with Gasteiger partial charge in [0.2, 0.25) is 5.91 Å². The van der Waals surface area contributed by atoms with Gasteiger partial charge in [-0.15, -0.1) is 11.8 Å². The molecule has 9 nitrogen and oxygen atoms in total.